The van der Waals surface area contributed by atoms with E-state index in [9.17, 15) is 14.7 Å². The third kappa shape index (κ3) is 4.28. The molecule has 1 aromatic carbocycles. The van der Waals surface area contributed by atoms with Crippen LogP contribution >= 0.6 is 0 Å². The quantitative estimate of drug-likeness (QED) is 0.765. The molecule has 0 bridgehead atoms. The molecule has 0 aliphatic rings. The van der Waals surface area contributed by atoms with Crippen molar-refractivity contribution in [2.45, 2.75) is 26.4 Å². The second kappa shape index (κ2) is 7.41. The summed E-state index contributed by atoms with van der Waals surface area (Å²) in [5.74, 6) is -2.13. The Morgan fingerprint density at radius 3 is 2.32 bits per heavy atom. The van der Waals surface area contributed by atoms with Crippen LogP contribution in [0.1, 0.15) is 20.3 Å². The summed E-state index contributed by atoms with van der Waals surface area (Å²) in [5, 5.41) is 9.22. The highest BCUT2D eigenvalue weighted by Gasteiger charge is 2.35. The van der Waals surface area contributed by atoms with E-state index >= 15 is 0 Å². The highest BCUT2D eigenvalue weighted by atomic mass is 16.5. The minimum atomic E-state index is -1.24. The molecule has 2 atom stereocenters. The van der Waals surface area contributed by atoms with Crippen LogP contribution in [0.4, 0.5) is 0 Å². The summed E-state index contributed by atoms with van der Waals surface area (Å²) in [6.07, 6.45) is -0.908. The second-order valence-corrected chi connectivity index (χ2v) is 3.96. The van der Waals surface area contributed by atoms with Crippen molar-refractivity contribution in [1.82, 2.24) is 0 Å². The lowest BCUT2D eigenvalue weighted by atomic mass is 9.99. The number of hydrogen-bond donors (Lipinski definition) is 1. The second-order valence-electron chi connectivity index (χ2n) is 3.96. The van der Waals surface area contributed by atoms with E-state index in [-0.39, 0.29) is 6.61 Å². The Morgan fingerprint density at radius 1 is 1.21 bits per heavy atom. The molecule has 0 heterocycles. The summed E-state index contributed by atoms with van der Waals surface area (Å²) in [7, 11) is 0. The molecule has 0 radical (unpaired) electrons. The standard InChI is InChI=1S/C14H18O5/c1-3-11(14(17)18-4-2)12(13(15)16)19-10-8-6-5-7-9-10/h5-9,11-12H,3-4H2,1-2H3,(H,15,16). The molecule has 5 nitrogen and oxygen atoms in total. The van der Waals surface area contributed by atoms with Crippen molar-refractivity contribution in [3.8, 4) is 5.75 Å². The smallest absolute Gasteiger partial charge is 0.345 e. The van der Waals surface area contributed by atoms with E-state index in [2.05, 4.69) is 0 Å². The monoisotopic (exact) mass is 266 g/mol. The number of carbonyl (C=O) groups excluding carboxylic acids is 1. The van der Waals surface area contributed by atoms with Gasteiger partial charge in [0.1, 0.15) is 11.7 Å². The van der Waals surface area contributed by atoms with Crippen LogP contribution in [0.5, 0.6) is 5.75 Å². The summed E-state index contributed by atoms with van der Waals surface area (Å²) < 4.78 is 10.3. The van der Waals surface area contributed by atoms with E-state index in [0.717, 1.165) is 0 Å². The molecule has 1 N–H and O–H groups in total. The molecule has 0 amide bonds. The van der Waals surface area contributed by atoms with Crippen LogP contribution in [-0.2, 0) is 14.3 Å². The lowest BCUT2D eigenvalue weighted by molar-refractivity contribution is -0.161. The van der Waals surface area contributed by atoms with Crippen molar-refractivity contribution in [1.29, 1.82) is 0 Å². The van der Waals surface area contributed by atoms with E-state index in [1.807, 2.05) is 0 Å². The highest BCUT2D eigenvalue weighted by molar-refractivity contribution is 5.83. The van der Waals surface area contributed by atoms with Crippen LogP contribution in [0.2, 0.25) is 0 Å². The average Bonchev–Trinajstić information content (AvgIpc) is 2.40. The van der Waals surface area contributed by atoms with Crippen LogP contribution < -0.4 is 4.74 Å². The maximum absolute atomic E-state index is 11.7. The minimum absolute atomic E-state index is 0.215. The van der Waals surface area contributed by atoms with E-state index in [1.165, 1.54) is 0 Å². The SMILES string of the molecule is CCOC(=O)C(CC)C(Oc1ccccc1)C(=O)O. The van der Waals surface area contributed by atoms with Gasteiger partial charge in [0.2, 0.25) is 6.10 Å². The van der Waals surface area contributed by atoms with E-state index < -0.39 is 24.0 Å². The molecule has 1 aromatic rings. The Labute approximate surface area is 112 Å². The fourth-order valence-corrected chi connectivity index (χ4v) is 1.70. The van der Waals surface area contributed by atoms with Gasteiger partial charge >= 0.3 is 11.9 Å². The fraction of sp³-hybridized carbons (Fsp3) is 0.429. The van der Waals surface area contributed by atoms with Gasteiger partial charge in [0.05, 0.1) is 6.61 Å². The van der Waals surface area contributed by atoms with Gasteiger partial charge in [-0.25, -0.2) is 4.79 Å². The molecule has 19 heavy (non-hydrogen) atoms. The molecule has 0 aromatic heterocycles. The van der Waals surface area contributed by atoms with Crippen molar-refractivity contribution in [3.63, 3.8) is 0 Å². The van der Waals surface area contributed by atoms with Crippen molar-refractivity contribution in [3.05, 3.63) is 30.3 Å². The van der Waals surface area contributed by atoms with Crippen molar-refractivity contribution < 1.29 is 24.2 Å². The number of para-hydroxylation sites is 1. The van der Waals surface area contributed by atoms with Gasteiger partial charge in [0.15, 0.2) is 0 Å². The summed E-state index contributed by atoms with van der Waals surface area (Å²) >= 11 is 0. The van der Waals surface area contributed by atoms with Crippen molar-refractivity contribution in [2.24, 2.45) is 5.92 Å². The van der Waals surface area contributed by atoms with Gasteiger partial charge in [-0.15, -0.1) is 0 Å². The molecule has 0 spiro atoms. The number of benzene rings is 1. The van der Waals surface area contributed by atoms with Crippen molar-refractivity contribution in [2.75, 3.05) is 6.61 Å². The first-order valence-corrected chi connectivity index (χ1v) is 6.21. The predicted octanol–water partition coefficient (Wildman–Crippen LogP) is 2.11. The number of esters is 1. The van der Waals surface area contributed by atoms with E-state index in [4.69, 9.17) is 9.47 Å². The summed E-state index contributed by atoms with van der Waals surface area (Å²) in [6.45, 7) is 3.62. The predicted molar refractivity (Wildman–Crippen MR) is 68.9 cm³/mol. The third-order valence-electron chi connectivity index (χ3n) is 2.64. The summed E-state index contributed by atoms with van der Waals surface area (Å²) in [6, 6.07) is 8.56. The molecular weight excluding hydrogens is 248 g/mol. The molecule has 104 valence electrons. The first-order chi connectivity index (χ1) is 9.10. The highest BCUT2D eigenvalue weighted by Crippen LogP contribution is 2.19. The van der Waals surface area contributed by atoms with Crippen LogP contribution in [0.15, 0.2) is 30.3 Å². The van der Waals surface area contributed by atoms with Crippen LogP contribution in [0, 0.1) is 5.92 Å². The number of rotatable bonds is 7. The Kier molecular flexibility index (Phi) is 5.85. The lowest BCUT2D eigenvalue weighted by Crippen LogP contribution is -2.40. The molecule has 1 rings (SSSR count). The molecule has 2 unspecified atom stereocenters. The number of hydrogen-bond acceptors (Lipinski definition) is 4. The number of carboxylic acid groups (broad SMARTS) is 1. The summed E-state index contributed by atoms with van der Waals surface area (Å²) in [4.78, 5) is 23.0. The zero-order chi connectivity index (χ0) is 14.3. The number of ether oxygens (including phenoxy) is 2. The van der Waals surface area contributed by atoms with E-state index in [1.54, 1.807) is 44.2 Å². The lowest BCUT2D eigenvalue weighted by Gasteiger charge is -2.22. The van der Waals surface area contributed by atoms with Gasteiger partial charge in [-0.2, -0.15) is 0 Å². The van der Waals surface area contributed by atoms with Gasteiger partial charge in [0.25, 0.3) is 0 Å². The van der Waals surface area contributed by atoms with Crippen molar-refractivity contribution >= 4 is 11.9 Å². The zero-order valence-electron chi connectivity index (χ0n) is 11.0. The maximum atomic E-state index is 11.7. The van der Waals surface area contributed by atoms with Gasteiger partial charge in [-0.05, 0) is 25.5 Å². The third-order valence-corrected chi connectivity index (χ3v) is 2.64. The Bertz CT molecular complexity index is 415. The minimum Gasteiger partial charge on any atom is -0.478 e. The first kappa shape index (κ1) is 15.0. The largest absolute Gasteiger partial charge is 0.478 e. The van der Waals surface area contributed by atoms with Crippen LogP contribution in [0.25, 0.3) is 0 Å². The van der Waals surface area contributed by atoms with Gasteiger partial charge in [-0.3, -0.25) is 4.79 Å². The Hall–Kier alpha value is -2.04. The molecule has 0 saturated heterocycles. The number of carbonyl (C=O) groups is 2. The zero-order valence-corrected chi connectivity index (χ0v) is 11.0. The molecule has 0 saturated carbocycles. The summed E-state index contributed by atoms with van der Waals surface area (Å²) in [5.41, 5.74) is 0. The van der Waals surface area contributed by atoms with Crippen LogP contribution in [-0.4, -0.2) is 29.8 Å². The molecule has 0 aliphatic heterocycles. The van der Waals surface area contributed by atoms with Gasteiger partial charge in [-0.1, -0.05) is 25.1 Å². The number of carboxylic acids is 1. The Morgan fingerprint density at radius 2 is 1.84 bits per heavy atom. The van der Waals surface area contributed by atoms with Gasteiger partial charge < -0.3 is 14.6 Å². The first-order valence-electron chi connectivity index (χ1n) is 6.21. The number of aliphatic carboxylic acids is 1. The molecule has 0 aliphatic carbocycles. The van der Waals surface area contributed by atoms with Gasteiger partial charge in [0, 0.05) is 0 Å². The normalized spacial score (nSPS) is 13.4. The van der Waals surface area contributed by atoms with Crippen LogP contribution in [0.3, 0.4) is 0 Å². The average molecular weight is 266 g/mol. The topological polar surface area (TPSA) is 72.8 Å². The molecular formula is C14H18O5. The molecule has 0 fully saturated rings. The Balaban J connectivity index is 2.86. The maximum Gasteiger partial charge on any atom is 0.345 e. The fourth-order valence-electron chi connectivity index (χ4n) is 1.70. The molecule has 5 heteroatoms. The van der Waals surface area contributed by atoms with E-state index in [0.29, 0.717) is 12.2 Å².